The molecule has 0 saturated carbocycles. The van der Waals surface area contributed by atoms with Gasteiger partial charge >= 0.3 is 0 Å². The number of aliphatic hydroxyl groups excluding tert-OH is 1. The third kappa shape index (κ3) is 4.43. The lowest BCUT2D eigenvalue weighted by Crippen LogP contribution is -2.45. The number of likely N-dealkylation sites (tertiary alicyclic amines) is 1. The number of nitrogens with zero attached hydrogens (tertiary/aromatic N) is 2. The maximum atomic E-state index is 12.2. The molecule has 0 aromatic carbocycles. The molecule has 0 radical (unpaired) electrons. The summed E-state index contributed by atoms with van der Waals surface area (Å²) in [7, 11) is 1.94. The van der Waals surface area contributed by atoms with E-state index in [1.807, 2.05) is 18.9 Å². The van der Waals surface area contributed by atoms with Crippen LogP contribution >= 0.6 is 0 Å². The second kappa shape index (κ2) is 7.38. The van der Waals surface area contributed by atoms with Crippen LogP contribution in [-0.4, -0.2) is 72.7 Å². The number of aliphatic hydroxyl groups is 1. The molecule has 2 N–H and O–H groups in total. The second-order valence-electron chi connectivity index (χ2n) is 6.46. The summed E-state index contributed by atoms with van der Waals surface area (Å²) in [6, 6.07) is 0.0512. The number of hydrogen-bond donors (Lipinski definition) is 2. The molecule has 2 fully saturated rings. The zero-order valence-electron chi connectivity index (χ0n) is 12.8. The lowest BCUT2D eigenvalue weighted by atomic mass is 9.96. The first-order valence-electron chi connectivity index (χ1n) is 7.95. The van der Waals surface area contributed by atoms with Crippen LogP contribution in [0.3, 0.4) is 0 Å². The summed E-state index contributed by atoms with van der Waals surface area (Å²) in [5.74, 6) is 0.865. The number of piperidine rings is 1. The van der Waals surface area contributed by atoms with Crippen molar-refractivity contribution in [2.75, 3.05) is 39.8 Å². The largest absolute Gasteiger partial charge is 0.392 e. The van der Waals surface area contributed by atoms with Crippen LogP contribution in [0.4, 0.5) is 0 Å². The van der Waals surface area contributed by atoms with Gasteiger partial charge < -0.3 is 20.2 Å². The molecule has 1 amide bonds. The van der Waals surface area contributed by atoms with Gasteiger partial charge in [-0.2, -0.15) is 0 Å². The third-order valence-electron chi connectivity index (χ3n) is 4.50. The number of β-amino-alcohol motifs (C(OH)–C–C–N with tert-alkyl or cyclic N) is 1. The van der Waals surface area contributed by atoms with Gasteiger partial charge in [-0.15, -0.1) is 0 Å². The number of carbonyl (C=O) groups is 1. The number of carbonyl (C=O) groups excluding carboxylic acids is 1. The van der Waals surface area contributed by atoms with Gasteiger partial charge in [0, 0.05) is 20.1 Å². The van der Waals surface area contributed by atoms with E-state index in [2.05, 4.69) is 10.2 Å². The van der Waals surface area contributed by atoms with Crippen molar-refractivity contribution < 1.29 is 9.90 Å². The summed E-state index contributed by atoms with van der Waals surface area (Å²) in [4.78, 5) is 16.5. The Hall–Kier alpha value is -0.650. The fourth-order valence-electron chi connectivity index (χ4n) is 3.36. The van der Waals surface area contributed by atoms with Crippen molar-refractivity contribution in [1.29, 1.82) is 0 Å². The van der Waals surface area contributed by atoms with Crippen molar-refractivity contribution in [1.82, 2.24) is 15.1 Å². The Bertz CT molecular complexity index is 308. The monoisotopic (exact) mass is 283 g/mol. The Kier molecular flexibility index (Phi) is 5.81. The molecule has 5 heteroatoms. The van der Waals surface area contributed by atoms with Crippen LogP contribution in [0, 0.1) is 5.92 Å². The molecule has 1 unspecified atom stereocenters. The topological polar surface area (TPSA) is 55.8 Å². The first-order chi connectivity index (χ1) is 9.56. The summed E-state index contributed by atoms with van der Waals surface area (Å²) in [5.41, 5.74) is 0. The van der Waals surface area contributed by atoms with Crippen LogP contribution in [-0.2, 0) is 4.79 Å². The van der Waals surface area contributed by atoms with Gasteiger partial charge in [0.05, 0.1) is 12.1 Å². The summed E-state index contributed by atoms with van der Waals surface area (Å²) >= 11 is 0. The minimum Gasteiger partial charge on any atom is -0.392 e. The van der Waals surface area contributed by atoms with Gasteiger partial charge in [0.2, 0.25) is 5.91 Å². The van der Waals surface area contributed by atoms with Gasteiger partial charge in [0.25, 0.3) is 0 Å². The van der Waals surface area contributed by atoms with Crippen LogP contribution in [0.25, 0.3) is 0 Å². The average molecular weight is 283 g/mol. The van der Waals surface area contributed by atoms with Crippen LogP contribution in [0.5, 0.6) is 0 Å². The van der Waals surface area contributed by atoms with Crippen LogP contribution < -0.4 is 5.32 Å². The number of likely N-dealkylation sites (N-methyl/N-ethyl adjacent to an activating group) is 1. The highest BCUT2D eigenvalue weighted by molar-refractivity contribution is 5.81. The van der Waals surface area contributed by atoms with Crippen LogP contribution in [0.15, 0.2) is 0 Å². The molecule has 116 valence electrons. The normalized spacial score (nSPS) is 26.6. The molecule has 2 aliphatic rings. The van der Waals surface area contributed by atoms with Crippen molar-refractivity contribution in [3.05, 3.63) is 0 Å². The molecule has 0 bridgehead atoms. The maximum Gasteiger partial charge on any atom is 0.239 e. The summed E-state index contributed by atoms with van der Waals surface area (Å²) in [6.45, 7) is 6.54. The standard InChI is InChI=1S/C15H29N3O2/c1-12(19)10-18-8-5-13(6-9-18)11-17(2)15(20)14-4-3-7-16-14/h12-14,16,19H,3-11H2,1-2H3/t12?,14-/m0/s1. The van der Waals surface area contributed by atoms with E-state index in [1.54, 1.807) is 0 Å². The van der Waals surface area contributed by atoms with E-state index in [0.29, 0.717) is 5.92 Å². The Morgan fingerprint density at radius 2 is 2.10 bits per heavy atom. The molecule has 20 heavy (non-hydrogen) atoms. The van der Waals surface area contributed by atoms with Gasteiger partial charge in [-0.1, -0.05) is 0 Å². The fourth-order valence-corrected chi connectivity index (χ4v) is 3.36. The first kappa shape index (κ1) is 15.7. The SMILES string of the molecule is CC(O)CN1CCC(CN(C)C(=O)[C@@H]2CCCN2)CC1. The Morgan fingerprint density at radius 1 is 1.40 bits per heavy atom. The molecule has 0 aliphatic carbocycles. The van der Waals surface area contributed by atoms with E-state index < -0.39 is 0 Å². The Morgan fingerprint density at radius 3 is 2.65 bits per heavy atom. The molecule has 2 aliphatic heterocycles. The number of rotatable bonds is 5. The zero-order valence-corrected chi connectivity index (χ0v) is 12.8. The molecule has 5 nitrogen and oxygen atoms in total. The molecule has 0 aromatic rings. The predicted molar refractivity (Wildman–Crippen MR) is 79.5 cm³/mol. The minimum atomic E-state index is -0.246. The molecule has 0 spiro atoms. The highest BCUT2D eigenvalue weighted by Crippen LogP contribution is 2.19. The second-order valence-corrected chi connectivity index (χ2v) is 6.46. The molecular formula is C15H29N3O2. The van der Waals surface area contributed by atoms with E-state index in [1.165, 1.54) is 0 Å². The van der Waals surface area contributed by atoms with E-state index in [0.717, 1.165) is 58.4 Å². The minimum absolute atomic E-state index is 0.0512. The molecule has 2 rings (SSSR count). The third-order valence-corrected chi connectivity index (χ3v) is 4.50. The average Bonchev–Trinajstić information content (AvgIpc) is 2.93. The lowest BCUT2D eigenvalue weighted by Gasteiger charge is -2.34. The lowest BCUT2D eigenvalue weighted by molar-refractivity contribution is -0.132. The van der Waals surface area contributed by atoms with Crippen molar-refractivity contribution in [2.24, 2.45) is 5.92 Å². The van der Waals surface area contributed by atoms with Crippen molar-refractivity contribution >= 4 is 5.91 Å². The molecule has 2 saturated heterocycles. The van der Waals surface area contributed by atoms with Gasteiger partial charge in [-0.05, 0) is 58.2 Å². The van der Waals surface area contributed by atoms with Crippen LogP contribution in [0.1, 0.15) is 32.6 Å². The van der Waals surface area contributed by atoms with E-state index in [9.17, 15) is 9.90 Å². The van der Waals surface area contributed by atoms with Crippen molar-refractivity contribution in [3.8, 4) is 0 Å². The van der Waals surface area contributed by atoms with Gasteiger partial charge in [-0.3, -0.25) is 4.79 Å². The highest BCUT2D eigenvalue weighted by Gasteiger charge is 2.27. The quantitative estimate of drug-likeness (QED) is 0.761. The first-order valence-corrected chi connectivity index (χ1v) is 7.95. The van der Waals surface area contributed by atoms with Crippen LogP contribution in [0.2, 0.25) is 0 Å². The number of hydrogen-bond acceptors (Lipinski definition) is 4. The van der Waals surface area contributed by atoms with Crippen molar-refractivity contribution in [3.63, 3.8) is 0 Å². The molecular weight excluding hydrogens is 254 g/mol. The highest BCUT2D eigenvalue weighted by atomic mass is 16.3. The van der Waals surface area contributed by atoms with Gasteiger partial charge in [-0.25, -0.2) is 0 Å². The molecule has 0 aromatic heterocycles. The van der Waals surface area contributed by atoms with E-state index >= 15 is 0 Å². The van der Waals surface area contributed by atoms with Crippen molar-refractivity contribution in [2.45, 2.75) is 44.8 Å². The summed E-state index contributed by atoms with van der Waals surface area (Å²) in [6.07, 6.45) is 4.10. The summed E-state index contributed by atoms with van der Waals surface area (Å²) in [5, 5.41) is 12.7. The number of nitrogens with one attached hydrogen (secondary N) is 1. The van der Waals surface area contributed by atoms with Gasteiger partial charge in [0.1, 0.15) is 0 Å². The van der Waals surface area contributed by atoms with E-state index in [4.69, 9.17) is 0 Å². The number of amides is 1. The molecule has 2 heterocycles. The maximum absolute atomic E-state index is 12.2. The molecule has 2 atom stereocenters. The smallest absolute Gasteiger partial charge is 0.239 e. The van der Waals surface area contributed by atoms with E-state index in [-0.39, 0.29) is 18.1 Å². The zero-order chi connectivity index (χ0) is 14.5. The fraction of sp³-hybridized carbons (Fsp3) is 0.933. The van der Waals surface area contributed by atoms with Gasteiger partial charge in [0.15, 0.2) is 0 Å². The summed E-state index contributed by atoms with van der Waals surface area (Å²) < 4.78 is 0. The Balaban J connectivity index is 1.70. The predicted octanol–water partition coefficient (Wildman–Crippen LogP) is 0.290. The Labute approximate surface area is 122 Å².